The number of aromatic nitrogens is 3. The molecule has 0 bridgehead atoms. The van der Waals surface area contributed by atoms with Crippen LogP contribution in [0.15, 0.2) is 164 Å². The SMILES string of the molecule is CC(C)(C)c1ccc(-n2c(-c3cc(C(C)(C)C)ccc3O)nc3c(-c4cc(-c5ccccc5)cc(-c5cccc6c(Cc7ccccc7)ccnc56)c4)cc(C(F)(F)F)cc32)cc1. The van der Waals surface area contributed by atoms with Gasteiger partial charge in [-0.1, -0.05) is 139 Å². The Labute approximate surface area is 366 Å². The number of hydrogen-bond donors (Lipinski definition) is 1. The number of hydrogen-bond acceptors (Lipinski definition) is 3. The van der Waals surface area contributed by atoms with Gasteiger partial charge in [0, 0.05) is 28.4 Å². The first-order valence-electron chi connectivity index (χ1n) is 21.2. The van der Waals surface area contributed by atoms with Crippen LogP contribution in [0.2, 0.25) is 0 Å². The summed E-state index contributed by atoms with van der Waals surface area (Å²) in [6.45, 7) is 12.6. The molecule has 0 fully saturated rings. The van der Waals surface area contributed by atoms with E-state index in [1.807, 2.05) is 121 Å². The van der Waals surface area contributed by atoms with Gasteiger partial charge < -0.3 is 5.11 Å². The monoisotopic (exact) mass is 835 g/mol. The van der Waals surface area contributed by atoms with Crippen molar-refractivity contribution in [1.29, 1.82) is 0 Å². The Bertz CT molecular complexity index is 3140. The van der Waals surface area contributed by atoms with Crippen LogP contribution in [0.1, 0.15) is 69.4 Å². The number of rotatable bonds is 7. The van der Waals surface area contributed by atoms with Crippen molar-refractivity contribution < 1.29 is 18.3 Å². The van der Waals surface area contributed by atoms with Crippen molar-refractivity contribution >= 4 is 21.9 Å². The van der Waals surface area contributed by atoms with Crippen molar-refractivity contribution in [2.24, 2.45) is 0 Å². The molecular formula is C56H48F3N3O. The first kappa shape index (κ1) is 41.4. The molecule has 0 spiro atoms. The van der Waals surface area contributed by atoms with Gasteiger partial charge in [-0.15, -0.1) is 0 Å². The zero-order valence-electron chi connectivity index (χ0n) is 36.2. The Morgan fingerprint density at radius 3 is 1.81 bits per heavy atom. The minimum absolute atomic E-state index is 0.0214. The molecule has 0 atom stereocenters. The number of imidazole rings is 1. The Morgan fingerprint density at radius 2 is 1.14 bits per heavy atom. The van der Waals surface area contributed by atoms with Crippen LogP contribution in [-0.4, -0.2) is 19.6 Å². The molecule has 0 radical (unpaired) electrons. The van der Waals surface area contributed by atoms with Crippen molar-refractivity contribution in [3.63, 3.8) is 0 Å². The fourth-order valence-electron chi connectivity index (χ4n) is 8.47. The van der Waals surface area contributed by atoms with Gasteiger partial charge in [-0.3, -0.25) is 9.55 Å². The molecule has 7 aromatic carbocycles. The van der Waals surface area contributed by atoms with Crippen LogP contribution in [-0.2, 0) is 23.4 Å². The van der Waals surface area contributed by atoms with Crippen LogP contribution < -0.4 is 0 Å². The number of aromatic hydroxyl groups is 1. The number of alkyl halides is 3. The van der Waals surface area contributed by atoms with Crippen molar-refractivity contribution in [1.82, 2.24) is 14.5 Å². The van der Waals surface area contributed by atoms with E-state index in [9.17, 15) is 5.11 Å². The highest BCUT2D eigenvalue weighted by Crippen LogP contribution is 2.44. The summed E-state index contributed by atoms with van der Waals surface area (Å²) in [5, 5.41) is 12.6. The van der Waals surface area contributed by atoms with Crippen LogP contribution >= 0.6 is 0 Å². The van der Waals surface area contributed by atoms with Crippen LogP contribution in [0.25, 0.3) is 72.4 Å². The van der Waals surface area contributed by atoms with Crippen LogP contribution in [0.3, 0.4) is 0 Å². The summed E-state index contributed by atoms with van der Waals surface area (Å²) in [6, 6.07) is 50.0. The zero-order valence-corrected chi connectivity index (χ0v) is 36.2. The van der Waals surface area contributed by atoms with E-state index in [1.165, 1.54) is 17.7 Å². The molecule has 1 N–H and O–H groups in total. The lowest BCUT2D eigenvalue weighted by atomic mass is 9.86. The molecule has 314 valence electrons. The van der Waals surface area contributed by atoms with Crippen molar-refractivity contribution in [3.05, 3.63) is 192 Å². The molecule has 0 saturated heterocycles. The summed E-state index contributed by atoms with van der Waals surface area (Å²) in [4.78, 5) is 10.2. The van der Waals surface area contributed by atoms with E-state index in [-0.39, 0.29) is 22.1 Å². The predicted molar refractivity (Wildman–Crippen MR) is 251 cm³/mol. The highest BCUT2D eigenvalue weighted by atomic mass is 19.4. The van der Waals surface area contributed by atoms with Crippen molar-refractivity contribution in [2.45, 2.75) is 65.0 Å². The third-order valence-electron chi connectivity index (χ3n) is 11.9. The Kier molecular flexibility index (Phi) is 10.3. The number of phenolic OH excluding ortho intramolecular Hbond substituents is 1. The van der Waals surface area contributed by atoms with E-state index >= 15 is 13.2 Å². The first-order chi connectivity index (χ1) is 30.0. The Hall–Kier alpha value is -6.99. The third kappa shape index (κ3) is 8.12. The number of para-hydroxylation sites is 1. The number of halogens is 3. The topological polar surface area (TPSA) is 50.9 Å². The first-order valence-corrected chi connectivity index (χ1v) is 21.2. The average Bonchev–Trinajstić information content (AvgIpc) is 3.65. The molecule has 9 aromatic rings. The van der Waals surface area contributed by atoms with E-state index < -0.39 is 11.7 Å². The molecule has 63 heavy (non-hydrogen) atoms. The number of benzene rings is 7. The summed E-state index contributed by atoms with van der Waals surface area (Å²) < 4.78 is 47.6. The molecule has 0 saturated carbocycles. The standard InChI is InChI=1S/C56H48F3N3O/c1-54(2,3)41-20-23-44(24-21-41)62-49-34-43(56(57,58)59)33-47(52(49)61-53(62)48-32-42(55(4,5)6)22-25-50(48)63)40-30-38(36-16-11-8-12-17-36)29-39(31-40)46-19-13-18-45-37(26-27-60-51(45)46)28-35-14-9-7-10-15-35/h7-27,29-34,63H,28H2,1-6H3. The van der Waals surface area contributed by atoms with Gasteiger partial charge in [-0.2, -0.15) is 13.2 Å². The Balaban J connectivity index is 1.34. The van der Waals surface area contributed by atoms with Crippen LogP contribution in [0.5, 0.6) is 5.75 Å². The highest BCUT2D eigenvalue weighted by Gasteiger charge is 2.34. The zero-order chi connectivity index (χ0) is 44.3. The minimum atomic E-state index is -4.68. The average molecular weight is 836 g/mol. The van der Waals surface area contributed by atoms with Gasteiger partial charge in [0.05, 0.1) is 27.7 Å². The van der Waals surface area contributed by atoms with Crippen LogP contribution in [0, 0.1) is 0 Å². The van der Waals surface area contributed by atoms with E-state index in [0.29, 0.717) is 33.7 Å². The lowest BCUT2D eigenvalue weighted by molar-refractivity contribution is -0.137. The summed E-state index contributed by atoms with van der Waals surface area (Å²) in [6.07, 6.45) is -2.13. The molecule has 9 rings (SSSR count). The number of fused-ring (bicyclic) bond motifs is 2. The lowest BCUT2D eigenvalue weighted by Crippen LogP contribution is -2.11. The normalized spacial score (nSPS) is 12.3. The quantitative estimate of drug-likeness (QED) is 0.174. The lowest BCUT2D eigenvalue weighted by Gasteiger charge is -2.21. The molecule has 0 aliphatic heterocycles. The fourth-order valence-corrected chi connectivity index (χ4v) is 8.47. The van der Waals surface area contributed by atoms with Gasteiger partial charge >= 0.3 is 6.18 Å². The largest absolute Gasteiger partial charge is 0.507 e. The van der Waals surface area contributed by atoms with Gasteiger partial charge in [-0.25, -0.2) is 4.98 Å². The Morgan fingerprint density at radius 1 is 0.524 bits per heavy atom. The maximum atomic E-state index is 15.3. The molecule has 0 unspecified atom stereocenters. The summed E-state index contributed by atoms with van der Waals surface area (Å²) >= 11 is 0. The second-order valence-corrected chi connectivity index (χ2v) is 18.4. The summed E-state index contributed by atoms with van der Waals surface area (Å²) in [7, 11) is 0. The number of phenols is 1. The second-order valence-electron chi connectivity index (χ2n) is 18.4. The maximum Gasteiger partial charge on any atom is 0.416 e. The third-order valence-corrected chi connectivity index (χ3v) is 11.9. The van der Waals surface area contributed by atoms with Gasteiger partial charge in [0.25, 0.3) is 0 Å². The fraction of sp³-hybridized carbons (Fsp3) is 0.179. The molecule has 0 aliphatic rings. The smallest absolute Gasteiger partial charge is 0.416 e. The molecule has 7 heteroatoms. The summed E-state index contributed by atoms with van der Waals surface area (Å²) in [5.74, 6) is 0.313. The van der Waals surface area contributed by atoms with Gasteiger partial charge in [0.1, 0.15) is 11.6 Å². The summed E-state index contributed by atoms with van der Waals surface area (Å²) in [5.41, 5.74) is 9.86. The van der Waals surface area contributed by atoms with E-state index in [1.54, 1.807) is 10.6 Å². The molecular weight excluding hydrogens is 788 g/mol. The molecule has 4 nitrogen and oxygen atoms in total. The maximum absolute atomic E-state index is 15.3. The minimum Gasteiger partial charge on any atom is -0.507 e. The van der Waals surface area contributed by atoms with Crippen LogP contribution in [0.4, 0.5) is 13.2 Å². The highest BCUT2D eigenvalue weighted by molar-refractivity contribution is 6.01. The van der Waals surface area contributed by atoms with Gasteiger partial charge in [0.15, 0.2) is 0 Å². The second kappa shape index (κ2) is 15.7. The predicted octanol–water partition coefficient (Wildman–Crippen LogP) is 15.2. The molecule has 0 amide bonds. The van der Waals surface area contributed by atoms with E-state index in [2.05, 4.69) is 65.8 Å². The number of pyridine rings is 1. The van der Waals surface area contributed by atoms with E-state index in [4.69, 9.17) is 9.97 Å². The van der Waals surface area contributed by atoms with Crippen molar-refractivity contribution in [3.8, 4) is 56.2 Å². The molecule has 0 aliphatic carbocycles. The molecule has 2 heterocycles. The van der Waals surface area contributed by atoms with Gasteiger partial charge in [-0.05, 0) is 122 Å². The van der Waals surface area contributed by atoms with E-state index in [0.717, 1.165) is 56.3 Å². The van der Waals surface area contributed by atoms with Gasteiger partial charge in [0.2, 0.25) is 0 Å². The van der Waals surface area contributed by atoms with Crippen molar-refractivity contribution in [2.75, 3.05) is 0 Å². The number of nitrogens with zero attached hydrogens (tertiary/aromatic N) is 3. The molecule has 2 aromatic heterocycles.